The molecule has 17 heavy (non-hydrogen) atoms. The number of aromatic nitrogens is 2. The number of hydrogen-bond acceptors (Lipinski definition) is 3. The van der Waals surface area contributed by atoms with E-state index in [1.165, 1.54) is 17.1 Å². The Morgan fingerprint density at radius 1 is 1.53 bits per heavy atom. The van der Waals surface area contributed by atoms with E-state index in [1.807, 2.05) is 6.07 Å². The first-order valence-electron chi connectivity index (χ1n) is 4.60. The summed E-state index contributed by atoms with van der Waals surface area (Å²) in [5.74, 6) is -1.02. The molecule has 0 unspecified atom stereocenters. The van der Waals surface area contributed by atoms with E-state index in [0.29, 0.717) is 15.7 Å². The first-order chi connectivity index (χ1) is 8.11. The fraction of sp³-hybridized carbons (Fsp3) is 0. The van der Waals surface area contributed by atoms with Gasteiger partial charge in [-0.25, -0.2) is 9.48 Å². The van der Waals surface area contributed by atoms with Crippen LogP contribution in [0.1, 0.15) is 15.9 Å². The summed E-state index contributed by atoms with van der Waals surface area (Å²) in [6.07, 6.45) is 2.69. The van der Waals surface area contributed by atoms with Gasteiger partial charge in [0.2, 0.25) is 0 Å². The molecule has 0 aliphatic carbocycles. The van der Waals surface area contributed by atoms with Crippen LogP contribution >= 0.6 is 15.9 Å². The van der Waals surface area contributed by atoms with Gasteiger partial charge in [0.25, 0.3) is 0 Å². The van der Waals surface area contributed by atoms with Crippen molar-refractivity contribution in [3.63, 3.8) is 0 Å². The quantitative estimate of drug-likeness (QED) is 0.920. The lowest BCUT2D eigenvalue weighted by atomic mass is 10.2. The molecule has 84 valence electrons. The van der Waals surface area contributed by atoms with Crippen molar-refractivity contribution in [2.45, 2.75) is 0 Å². The summed E-state index contributed by atoms with van der Waals surface area (Å²) in [6.45, 7) is 0. The first kappa shape index (κ1) is 11.4. The molecule has 0 atom stereocenters. The van der Waals surface area contributed by atoms with Crippen molar-refractivity contribution >= 4 is 21.9 Å². The van der Waals surface area contributed by atoms with Gasteiger partial charge in [-0.1, -0.05) is 0 Å². The molecule has 0 aliphatic rings. The average molecular weight is 292 g/mol. The molecule has 2 aromatic rings. The summed E-state index contributed by atoms with van der Waals surface area (Å²) in [7, 11) is 0. The maximum atomic E-state index is 10.7. The average Bonchev–Trinajstić information content (AvgIpc) is 2.78. The number of hydrogen-bond donors (Lipinski definition) is 1. The molecule has 1 aromatic heterocycles. The lowest BCUT2D eigenvalue weighted by molar-refractivity contribution is 0.0697. The smallest absolute Gasteiger partial charge is 0.338 e. The van der Waals surface area contributed by atoms with Crippen LogP contribution in [0.3, 0.4) is 0 Å². The van der Waals surface area contributed by atoms with Crippen LogP contribution in [-0.4, -0.2) is 20.9 Å². The van der Waals surface area contributed by atoms with Crippen LogP contribution in [0, 0.1) is 11.3 Å². The fourth-order valence-electron chi connectivity index (χ4n) is 1.31. The second-order valence-electron chi connectivity index (χ2n) is 3.25. The van der Waals surface area contributed by atoms with Crippen molar-refractivity contribution in [2.75, 3.05) is 0 Å². The second-order valence-corrected chi connectivity index (χ2v) is 4.11. The molecule has 5 nitrogen and oxygen atoms in total. The number of carboxylic acid groups (broad SMARTS) is 1. The Labute approximate surface area is 105 Å². The summed E-state index contributed by atoms with van der Waals surface area (Å²) >= 11 is 3.26. The predicted molar refractivity (Wildman–Crippen MR) is 62.9 cm³/mol. The van der Waals surface area contributed by atoms with E-state index < -0.39 is 5.97 Å². The van der Waals surface area contributed by atoms with Crippen LogP contribution in [0.5, 0.6) is 0 Å². The van der Waals surface area contributed by atoms with Crippen molar-refractivity contribution in [1.29, 1.82) is 5.26 Å². The number of nitrogens with zero attached hydrogens (tertiary/aromatic N) is 3. The molecule has 2 rings (SSSR count). The molecule has 0 saturated carbocycles. The van der Waals surface area contributed by atoms with Gasteiger partial charge in [0.1, 0.15) is 6.07 Å². The zero-order valence-electron chi connectivity index (χ0n) is 8.46. The summed E-state index contributed by atoms with van der Waals surface area (Å²) < 4.78 is 2.08. The summed E-state index contributed by atoms with van der Waals surface area (Å²) in [5.41, 5.74) is 1.31. The Morgan fingerprint density at radius 3 is 2.82 bits per heavy atom. The summed E-state index contributed by atoms with van der Waals surface area (Å²) in [4.78, 5) is 10.7. The highest BCUT2D eigenvalue weighted by atomic mass is 79.9. The first-order valence-corrected chi connectivity index (χ1v) is 5.39. The van der Waals surface area contributed by atoms with Gasteiger partial charge >= 0.3 is 5.97 Å². The molecular formula is C11H6BrN3O2. The largest absolute Gasteiger partial charge is 0.478 e. The molecule has 0 saturated heterocycles. The Balaban J connectivity index is 2.43. The van der Waals surface area contributed by atoms with Gasteiger partial charge in [-0.05, 0) is 34.1 Å². The monoisotopic (exact) mass is 291 g/mol. The lowest BCUT2D eigenvalue weighted by Gasteiger charge is -2.02. The number of nitriles is 1. The molecule has 0 fully saturated rings. The number of aromatic carboxylic acids is 1. The highest BCUT2D eigenvalue weighted by Gasteiger charge is 2.08. The highest BCUT2D eigenvalue weighted by molar-refractivity contribution is 9.10. The highest BCUT2D eigenvalue weighted by Crippen LogP contribution is 2.20. The normalized spacial score (nSPS) is 9.88. The van der Waals surface area contributed by atoms with E-state index >= 15 is 0 Å². The molecule has 0 radical (unpaired) electrons. The van der Waals surface area contributed by atoms with Gasteiger partial charge < -0.3 is 5.11 Å². The maximum absolute atomic E-state index is 10.7. The minimum Gasteiger partial charge on any atom is -0.478 e. The molecule has 6 heteroatoms. The molecule has 1 heterocycles. The number of carbonyl (C=O) groups is 1. The Bertz CT molecular complexity index is 628. The van der Waals surface area contributed by atoms with Crippen molar-refractivity contribution in [3.8, 4) is 11.8 Å². The van der Waals surface area contributed by atoms with Gasteiger partial charge in [-0.15, -0.1) is 0 Å². The molecule has 0 aliphatic heterocycles. The summed E-state index contributed by atoms with van der Waals surface area (Å²) in [6, 6.07) is 7.07. The SMILES string of the molecule is N#Cc1ccc(-n2cc(C(=O)O)cn2)cc1Br. The van der Waals surface area contributed by atoms with Gasteiger partial charge in [0, 0.05) is 10.7 Å². The van der Waals surface area contributed by atoms with E-state index in [2.05, 4.69) is 21.0 Å². The van der Waals surface area contributed by atoms with Crippen molar-refractivity contribution < 1.29 is 9.90 Å². The van der Waals surface area contributed by atoms with Gasteiger partial charge in [0.15, 0.2) is 0 Å². The minimum atomic E-state index is -1.02. The molecule has 0 bridgehead atoms. The van der Waals surface area contributed by atoms with E-state index in [1.54, 1.807) is 18.2 Å². The molecule has 0 spiro atoms. The number of carboxylic acids is 1. The third kappa shape index (κ3) is 2.19. The van der Waals surface area contributed by atoms with Crippen molar-refractivity contribution in [2.24, 2.45) is 0 Å². The number of benzene rings is 1. The van der Waals surface area contributed by atoms with Crippen molar-refractivity contribution in [1.82, 2.24) is 9.78 Å². The van der Waals surface area contributed by atoms with Crippen LogP contribution < -0.4 is 0 Å². The molecule has 1 N–H and O–H groups in total. The Morgan fingerprint density at radius 2 is 2.29 bits per heavy atom. The van der Waals surface area contributed by atoms with Gasteiger partial charge in [-0.2, -0.15) is 10.4 Å². The lowest BCUT2D eigenvalue weighted by Crippen LogP contribution is -1.96. The van der Waals surface area contributed by atoms with E-state index in [9.17, 15) is 4.79 Å². The second kappa shape index (κ2) is 4.39. The molecular weight excluding hydrogens is 286 g/mol. The van der Waals surface area contributed by atoms with Gasteiger partial charge in [0.05, 0.1) is 23.0 Å². The minimum absolute atomic E-state index is 0.116. The summed E-state index contributed by atoms with van der Waals surface area (Å²) in [5, 5.41) is 21.5. The molecule has 1 aromatic carbocycles. The van der Waals surface area contributed by atoms with Gasteiger partial charge in [-0.3, -0.25) is 0 Å². The number of rotatable bonds is 2. The zero-order valence-corrected chi connectivity index (χ0v) is 10.0. The molecule has 0 amide bonds. The van der Waals surface area contributed by atoms with Crippen LogP contribution in [0.4, 0.5) is 0 Å². The van der Waals surface area contributed by atoms with E-state index in [-0.39, 0.29) is 5.56 Å². The standard InChI is InChI=1S/C11H6BrN3O2/c12-10-3-9(2-1-7(10)4-13)15-6-8(5-14-15)11(16)17/h1-3,5-6H,(H,16,17). The Kier molecular flexibility index (Phi) is 2.93. The van der Waals surface area contributed by atoms with Crippen molar-refractivity contribution in [3.05, 3.63) is 46.2 Å². The topological polar surface area (TPSA) is 78.9 Å². The predicted octanol–water partition coefficient (Wildman–Crippen LogP) is 2.20. The zero-order chi connectivity index (χ0) is 12.4. The van der Waals surface area contributed by atoms with Crippen LogP contribution in [0.15, 0.2) is 35.1 Å². The van der Waals surface area contributed by atoms with E-state index in [4.69, 9.17) is 10.4 Å². The third-order valence-corrected chi connectivity index (χ3v) is 2.82. The fourth-order valence-corrected chi connectivity index (χ4v) is 1.77. The number of halogens is 1. The Hall–Kier alpha value is -2.13. The third-order valence-electron chi connectivity index (χ3n) is 2.17. The van der Waals surface area contributed by atoms with Crippen LogP contribution in [-0.2, 0) is 0 Å². The van der Waals surface area contributed by atoms with Crippen LogP contribution in [0.2, 0.25) is 0 Å². The van der Waals surface area contributed by atoms with Crippen LogP contribution in [0.25, 0.3) is 5.69 Å². The maximum Gasteiger partial charge on any atom is 0.338 e. The van der Waals surface area contributed by atoms with E-state index in [0.717, 1.165) is 0 Å².